The Kier molecular flexibility index (Phi) is 3.57. The molecular formula is C12H13N3O3. The highest BCUT2D eigenvalue weighted by molar-refractivity contribution is 6.04. The van der Waals surface area contributed by atoms with Crippen molar-refractivity contribution < 1.29 is 14.1 Å². The maximum atomic E-state index is 11.8. The molecule has 0 radical (unpaired) electrons. The van der Waals surface area contributed by atoms with Crippen molar-refractivity contribution in [3.8, 4) is 5.88 Å². The zero-order valence-corrected chi connectivity index (χ0v) is 10.2. The van der Waals surface area contributed by atoms with E-state index < -0.39 is 0 Å². The van der Waals surface area contributed by atoms with Gasteiger partial charge in [-0.25, -0.2) is 0 Å². The molecule has 2 aromatic heterocycles. The van der Waals surface area contributed by atoms with Gasteiger partial charge < -0.3 is 9.26 Å². The van der Waals surface area contributed by atoms with E-state index in [1.165, 1.54) is 19.3 Å². The molecule has 0 spiro atoms. The molecule has 2 rings (SSSR count). The zero-order valence-electron chi connectivity index (χ0n) is 10.2. The maximum absolute atomic E-state index is 11.8. The number of hydrogen-bond donors (Lipinski definition) is 0. The topological polar surface area (TPSA) is 70.2 Å². The highest BCUT2D eigenvalue weighted by atomic mass is 16.5. The summed E-state index contributed by atoms with van der Waals surface area (Å²) in [6, 6.07) is 3.28. The number of nitrogens with zero attached hydrogens (tertiary/aromatic N) is 3. The summed E-state index contributed by atoms with van der Waals surface area (Å²) in [5.74, 6) is 0.158. The number of carbonyl (C=O) groups excluding carboxylic acids is 1. The first-order valence-corrected chi connectivity index (χ1v) is 5.49. The minimum absolute atomic E-state index is 0.144. The summed E-state index contributed by atoms with van der Waals surface area (Å²) in [5, 5.41) is 7.67. The van der Waals surface area contributed by atoms with Crippen LogP contribution in [0.25, 0.3) is 6.08 Å². The summed E-state index contributed by atoms with van der Waals surface area (Å²) in [5.41, 5.74) is 0.859. The molecule has 0 aliphatic carbocycles. The monoisotopic (exact) mass is 247 g/mol. The number of carbonyl (C=O) groups is 1. The van der Waals surface area contributed by atoms with Gasteiger partial charge in [0.1, 0.15) is 0 Å². The lowest BCUT2D eigenvalue weighted by Crippen LogP contribution is -1.99. The minimum Gasteiger partial charge on any atom is -0.479 e. The minimum atomic E-state index is -0.269. The van der Waals surface area contributed by atoms with Crippen LogP contribution in [-0.2, 0) is 6.54 Å². The Labute approximate surface area is 104 Å². The van der Waals surface area contributed by atoms with Crippen LogP contribution in [-0.4, -0.2) is 27.8 Å². The second-order valence-electron chi connectivity index (χ2n) is 3.50. The van der Waals surface area contributed by atoms with Crippen LogP contribution in [0.2, 0.25) is 0 Å². The lowest BCUT2D eigenvalue weighted by Gasteiger charge is -1.97. The summed E-state index contributed by atoms with van der Waals surface area (Å²) in [4.78, 5) is 11.8. The normalized spacial score (nSPS) is 11.0. The molecule has 6 nitrogen and oxygen atoms in total. The van der Waals surface area contributed by atoms with Crippen molar-refractivity contribution in [2.24, 2.45) is 0 Å². The zero-order chi connectivity index (χ0) is 13.0. The molecule has 2 aromatic rings. The van der Waals surface area contributed by atoms with Crippen LogP contribution < -0.4 is 4.74 Å². The molecule has 0 unspecified atom stereocenters. The van der Waals surface area contributed by atoms with Gasteiger partial charge in [-0.1, -0.05) is 0 Å². The van der Waals surface area contributed by atoms with E-state index in [9.17, 15) is 4.79 Å². The van der Waals surface area contributed by atoms with Crippen LogP contribution in [0.1, 0.15) is 23.2 Å². The third-order valence-electron chi connectivity index (χ3n) is 2.39. The van der Waals surface area contributed by atoms with Crippen molar-refractivity contribution in [1.29, 1.82) is 0 Å². The van der Waals surface area contributed by atoms with Crippen molar-refractivity contribution in [3.05, 3.63) is 35.9 Å². The fourth-order valence-electron chi connectivity index (χ4n) is 1.46. The molecule has 0 fully saturated rings. The van der Waals surface area contributed by atoms with Crippen molar-refractivity contribution in [2.75, 3.05) is 7.11 Å². The van der Waals surface area contributed by atoms with Crippen LogP contribution in [0.3, 0.4) is 0 Å². The Morgan fingerprint density at radius 2 is 2.44 bits per heavy atom. The standard InChI is InChI=1S/C12H13N3O3/c1-3-15-9(6-7-13-15)4-5-10(16)11-8-12(17-2)14-18-11/h4-8H,3H2,1-2H3/b5-4+. The predicted octanol–water partition coefficient (Wildman–Crippen LogP) is 1.80. The average Bonchev–Trinajstić information content (AvgIpc) is 3.04. The van der Waals surface area contributed by atoms with Crippen LogP contribution in [0, 0.1) is 0 Å². The van der Waals surface area contributed by atoms with Crippen molar-refractivity contribution in [3.63, 3.8) is 0 Å². The van der Waals surface area contributed by atoms with Gasteiger partial charge in [-0.3, -0.25) is 9.48 Å². The number of allylic oxidation sites excluding steroid dienone is 1. The van der Waals surface area contributed by atoms with Gasteiger partial charge in [0.2, 0.25) is 11.5 Å². The van der Waals surface area contributed by atoms with Gasteiger partial charge >= 0.3 is 0 Å². The van der Waals surface area contributed by atoms with Crippen molar-refractivity contribution in [2.45, 2.75) is 13.5 Å². The number of ketones is 1. The fraction of sp³-hybridized carbons (Fsp3) is 0.250. The van der Waals surface area contributed by atoms with E-state index in [0.29, 0.717) is 0 Å². The quantitative estimate of drug-likeness (QED) is 0.595. The molecule has 6 heteroatoms. The number of aromatic nitrogens is 3. The van der Waals surface area contributed by atoms with Crippen LogP contribution >= 0.6 is 0 Å². The van der Waals surface area contributed by atoms with Gasteiger partial charge in [0.25, 0.3) is 5.88 Å². The largest absolute Gasteiger partial charge is 0.479 e. The number of aryl methyl sites for hydroxylation is 1. The predicted molar refractivity (Wildman–Crippen MR) is 64.3 cm³/mol. The summed E-state index contributed by atoms with van der Waals surface area (Å²) in [7, 11) is 1.46. The summed E-state index contributed by atoms with van der Waals surface area (Å²) in [6.45, 7) is 2.73. The number of ether oxygens (including phenoxy) is 1. The molecule has 0 saturated carbocycles. The van der Waals surface area contributed by atoms with E-state index >= 15 is 0 Å². The number of rotatable bonds is 5. The molecule has 0 aromatic carbocycles. The Morgan fingerprint density at radius 1 is 1.61 bits per heavy atom. The maximum Gasteiger partial charge on any atom is 0.254 e. The van der Waals surface area contributed by atoms with E-state index in [4.69, 9.17) is 9.26 Å². The molecule has 0 bridgehead atoms. The van der Waals surface area contributed by atoms with E-state index in [1.54, 1.807) is 17.0 Å². The van der Waals surface area contributed by atoms with E-state index in [2.05, 4.69) is 10.3 Å². The molecule has 2 heterocycles. The highest BCUT2D eigenvalue weighted by Crippen LogP contribution is 2.12. The van der Waals surface area contributed by atoms with Gasteiger partial charge in [0.05, 0.1) is 18.9 Å². The average molecular weight is 247 g/mol. The van der Waals surface area contributed by atoms with Gasteiger partial charge in [-0.15, -0.1) is 0 Å². The molecule has 0 amide bonds. The lowest BCUT2D eigenvalue weighted by atomic mass is 10.2. The van der Waals surface area contributed by atoms with E-state index in [0.717, 1.165) is 12.2 Å². The van der Waals surface area contributed by atoms with Gasteiger partial charge in [0, 0.05) is 12.7 Å². The van der Waals surface area contributed by atoms with Gasteiger partial charge in [0.15, 0.2) is 0 Å². The number of methoxy groups -OCH3 is 1. The van der Waals surface area contributed by atoms with Gasteiger partial charge in [-0.2, -0.15) is 5.10 Å². The molecular weight excluding hydrogens is 234 g/mol. The third kappa shape index (κ3) is 2.48. The molecule has 18 heavy (non-hydrogen) atoms. The van der Waals surface area contributed by atoms with Crippen LogP contribution in [0.5, 0.6) is 5.88 Å². The lowest BCUT2D eigenvalue weighted by molar-refractivity contribution is 0.101. The van der Waals surface area contributed by atoms with Crippen molar-refractivity contribution in [1.82, 2.24) is 14.9 Å². The Bertz CT molecular complexity index is 569. The molecule has 0 saturated heterocycles. The Hall–Kier alpha value is -2.37. The second-order valence-corrected chi connectivity index (χ2v) is 3.50. The van der Waals surface area contributed by atoms with Crippen molar-refractivity contribution >= 4 is 11.9 Å². The first-order valence-electron chi connectivity index (χ1n) is 5.49. The number of hydrogen-bond acceptors (Lipinski definition) is 5. The highest BCUT2D eigenvalue weighted by Gasteiger charge is 2.10. The first-order chi connectivity index (χ1) is 8.74. The summed E-state index contributed by atoms with van der Waals surface area (Å²) in [6.07, 6.45) is 4.79. The molecule has 0 N–H and O–H groups in total. The molecule has 0 aliphatic heterocycles. The second kappa shape index (κ2) is 5.31. The SMILES string of the molecule is CCn1nccc1/C=C/C(=O)c1cc(OC)no1. The summed E-state index contributed by atoms with van der Waals surface area (Å²) >= 11 is 0. The molecule has 0 aliphatic rings. The smallest absolute Gasteiger partial charge is 0.254 e. The third-order valence-corrected chi connectivity index (χ3v) is 2.39. The Morgan fingerprint density at radius 3 is 3.11 bits per heavy atom. The Balaban J connectivity index is 2.11. The van der Waals surface area contributed by atoms with Crippen LogP contribution in [0.4, 0.5) is 0 Å². The molecule has 94 valence electrons. The van der Waals surface area contributed by atoms with Gasteiger partial charge in [-0.05, 0) is 30.3 Å². The van der Waals surface area contributed by atoms with Crippen LogP contribution in [0.15, 0.2) is 28.9 Å². The van der Waals surface area contributed by atoms with E-state index in [1.807, 2.05) is 13.0 Å². The van der Waals surface area contributed by atoms with E-state index in [-0.39, 0.29) is 17.4 Å². The fourth-order valence-corrected chi connectivity index (χ4v) is 1.46. The summed E-state index contributed by atoms with van der Waals surface area (Å²) < 4.78 is 11.5. The molecule has 0 atom stereocenters. The first kappa shape index (κ1) is 12.1.